The van der Waals surface area contributed by atoms with E-state index in [0.717, 1.165) is 16.8 Å². The summed E-state index contributed by atoms with van der Waals surface area (Å²) in [5, 5.41) is 3.01. The first kappa shape index (κ1) is 19.2. The molecule has 1 saturated heterocycles. The molecule has 2 amide bonds. The van der Waals surface area contributed by atoms with Crippen LogP contribution in [0.5, 0.6) is 0 Å². The summed E-state index contributed by atoms with van der Waals surface area (Å²) in [6.07, 6.45) is 5.81. The standard InChI is InChI=1S/C24H22N4O3/c29-20-9-3-4-13-27(20)14-10-21(30)28-15-11-24(22(28)17-6-5-12-25-16-17)18-7-1-2-8-19(18)26-23(24)31/h1-9,12-13,16,22H,10-11,14-15H2,(H,26,31). The van der Waals surface area contributed by atoms with Crippen LogP contribution in [0.3, 0.4) is 0 Å². The van der Waals surface area contributed by atoms with Crippen molar-refractivity contribution in [2.45, 2.75) is 30.8 Å². The fraction of sp³-hybridized carbons (Fsp3) is 0.250. The second kappa shape index (κ2) is 7.50. The smallest absolute Gasteiger partial charge is 0.250 e. The lowest BCUT2D eigenvalue weighted by Crippen LogP contribution is -2.43. The Balaban J connectivity index is 1.51. The van der Waals surface area contributed by atoms with E-state index in [1.54, 1.807) is 35.6 Å². The number of hydrogen-bond acceptors (Lipinski definition) is 4. The molecule has 3 aromatic rings. The largest absolute Gasteiger partial charge is 0.334 e. The Morgan fingerprint density at radius 3 is 2.74 bits per heavy atom. The number of anilines is 1. The molecule has 1 spiro atoms. The van der Waals surface area contributed by atoms with Gasteiger partial charge in [0.1, 0.15) is 5.41 Å². The summed E-state index contributed by atoms with van der Waals surface area (Å²) in [6, 6.07) is 15.9. The zero-order chi connectivity index (χ0) is 21.4. The highest BCUT2D eigenvalue weighted by atomic mass is 16.2. The van der Waals surface area contributed by atoms with Gasteiger partial charge in [0.15, 0.2) is 0 Å². The van der Waals surface area contributed by atoms with Crippen LogP contribution < -0.4 is 10.9 Å². The number of amides is 2. The molecular weight excluding hydrogens is 392 g/mol. The van der Waals surface area contributed by atoms with E-state index in [-0.39, 0.29) is 23.8 Å². The lowest BCUT2D eigenvalue weighted by molar-refractivity contribution is -0.133. The zero-order valence-corrected chi connectivity index (χ0v) is 16.9. The highest BCUT2D eigenvalue weighted by Crippen LogP contribution is 2.54. The van der Waals surface area contributed by atoms with E-state index >= 15 is 0 Å². The monoisotopic (exact) mass is 414 g/mol. The molecule has 7 nitrogen and oxygen atoms in total. The second-order valence-corrected chi connectivity index (χ2v) is 7.98. The van der Waals surface area contributed by atoms with Gasteiger partial charge in [0.05, 0.1) is 6.04 Å². The molecular formula is C24H22N4O3. The fourth-order valence-corrected chi connectivity index (χ4v) is 4.96. The number of aromatic nitrogens is 2. The van der Waals surface area contributed by atoms with Crippen molar-refractivity contribution in [3.8, 4) is 0 Å². The molecule has 156 valence electrons. The van der Waals surface area contributed by atoms with Gasteiger partial charge in [0.2, 0.25) is 11.8 Å². The van der Waals surface area contributed by atoms with Gasteiger partial charge in [0, 0.05) is 49.9 Å². The molecule has 2 aliphatic heterocycles. The summed E-state index contributed by atoms with van der Waals surface area (Å²) >= 11 is 0. The molecule has 2 atom stereocenters. The Hall–Kier alpha value is -3.74. The number of fused-ring (bicyclic) bond motifs is 2. The number of hydrogen-bond donors (Lipinski definition) is 1. The van der Waals surface area contributed by atoms with Crippen LogP contribution in [-0.4, -0.2) is 32.8 Å². The Morgan fingerprint density at radius 1 is 1.10 bits per heavy atom. The number of aryl methyl sites for hydroxylation is 1. The summed E-state index contributed by atoms with van der Waals surface area (Å²) < 4.78 is 1.53. The molecule has 0 saturated carbocycles. The number of nitrogens with one attached hydrogen (secondary N) is 1. The lowest BCUT2D eigenvalue weighted by atomic mass is 9.73. The van der Waals surface area contributed by atoms with E-state index in [0.29, 0.717) is 19.5 Å². The SMILES string of the molecule is O=C(CCn1ccccc1=O)N1CCC2(C(=O)Nc3ccccc32)C1c1cccnc1. The number of nitrogens with zero attached hydrogens (tertiary/aromatic N) is 3. The minimum Gasteiger partial charge on any atom is -0.334 e. The maximum absolute atomic E-state index is 13.3. The van der Waals surface area contributed by atoms with Crippen LogP contribution in [0.15, 0.2) is 78.0 Å². The van der Waals surface area contributed by atoms with Crippen LogP contribution in [-0.2, 0) is 21.5 Å². The van der Waals surface area contributed by atoms with E-state index in [2.05, 4.69) is 10.3 Å². The quantitative estimate of drug-likeness (QED) is 0.711. The molecule has 0 aliphatic carbocycles. The molecule has 31 heavy (non-hydrogen) atoms. The van der Waals surface area contributed by atoms with Gasteiger partial charge in [-0.1, -0.05) is 30.3 Å². The van der Waals surface area contributed by atoms with Crippen LogP contribution in [0.4, 0.5) is 5.69 Å². The summed E-state index contributed by atoms with van der Waals surface area (Å²) in [7, 11) is 0. The molecule has 2 aromatic heterocycles. The zero-order valence-electron chi connectivity index (χ0n) is 16.9. The first-order valence-electron chi connectivity index (χ1n) is 10.4. The third kappa shape index (κ3) is 3.04. The molecule has 5 rings (SSSR count). The third-order valence-electron chi connectivity index (χ3n) is 6.37. The first-order valence-corrected chi connectivity index (χ1v) is 10.4. The molecule has 1 fully saturated rings. The van der Waals surface area contributed by atoms with Crippen molar-refractivity contribution in [2.24, 2.45) is 0 Å². The fourth-order valence-electron chi connectivity index (χ4n) is 4.96. The van der Waals surface area contributed by atoms with Gasteiger partial charge >= 0.3 is 0 Å². The van der Waals surface area contributed by atoms with E-state index < -0.39 is 11.5 Å². The second-order valence-electron chi connectivity index (χ2n) is 7.98. The molecule has 0 bridgehead atoms. The van der Waals surface area contributed by atoms with E-state index in [1.807, 2.05) is 36.4 Å². The summed E-state index contributed by atoms with van der Waals surface area (Å²) in [6.45, 7) is 0.758. The van der Waals surface area contributed by atoms with Gasteiger partial charge in [-0.25, -0.2) is 0 Å². The van der Waals surface area contributed by atoms with Gasteiger partial charge < -0.3 is 14.8 Å². The van der Waals surface area contributed by atoms with Crippen molar-refractivity contribution >= 4 is 17.5 Å². The van der Waals surface area contributed by atoms with Crippen molar-refractivity contribution in [1.29, 1.82) is 0 Å². The molecule has 1 N–H and O–H groups in total. The van der Waals surface area contributed by atoms with E-state index in [9.17, 15) is 14.4 Å². The van der Waals surface area contributed by atoms with Crippen molar-refractivity contribution in [2.75, 3.05) is 11.9 Å². The Labute approximate surface area is 179 Å². The number of carbonyl (C=O) groups is 2. The molecule has 2 unspecified atom stereocenters. The normalized spacial score (nSPS) is 21.9. The van der Waals surface area contributed by atoms with Gasteiger partial charge in [-0.05, 0) is 35.7 Å². The van der Waals surface area contributed by atoms with Crippen LogP contribution in [0, 0.1) is 0 Å². The van der Waals surface area contributed by atoms with Gasteiger partial charge in [-0.15, -0.1) is 0 Å². The third-order valence-corrected chi connectivity index (χ3v) is 6.37. The van der Waals surface area contributed by atoms with Crippen molar-refractivity contribution in [3.05, 3.63) is 94.7 Å². The highest BCUT2D eigenvalue weighted by Gasteiger charge is 2.59. The number of para-hydroxylation sites is 1. The predicted molar refractivity (Wildman–Crippen MR) is 115 cm³/mol. The van der Waals surface area contributed by atoms with Crippen molar-refractivity contribution in [1.82, 2.24) is 14.5 Å². The van der Waals surface area contributed by atoms with Crippen molar-refractivity contribution in [3.63, 3.8) is 0 Å². The summed E-state index contributed by atoms with van der Waals surface area (Å²) in [5.74, 6) is -0.171. The van der Waals surface area contributed by atoms with Crippen LogP contribution >= 0.6 is 0 Å². The van der Waals surface area contributed by atoms with Gasteiger partial charge in [0.25, 0.3) is 5.56 Å². The topological polar surface area (TPSA) is 84.3 Å². The van der Waals surface area contributed by atoms with Crippen LogP contribution in [0.25, 0.3) is 0 Å². The average molecular weight is 414 g/mol. The minimum atomic E-state index is -0.848. The highest BCUT2D eigenvalue weighted by molar-refractivity contribution is 6.07. The first-order chi connectivity index (χ1) is 15.1. The minimum absolute atomic E-state index is 0.0846. The number of carbonyl (C=O) groups excluding carboxylic acids is 2. The molecule has 7 heteroatoms. The van der Waals surface area contributed by atoms with Crippen LogP contribution in [0.2, 0.25) is 0 Å². The van der Waals surface area contributed by atoms with Crippen LogP contribution in [0.1, 0.15) is 30.0 Å². The number of likely N-dealkylation sites (tertiary alicyclic amines) is 1. The maximum Gasteiger partial charge on any atom is 0.250 e. The molecule has 1 aromatic carbocycles. The van der Waals surface area contributed by atoms with Crippen molar-refractivity contribution < 1.29 is 9.59 Å². The Kier molecular flexibility index (Phi) is 4.66. The van der Waals surface area contributed by atoms with Gasteiger partial charge in [-0.3, -0.25) is 19.4 Å². The molecule has 0 radical (unpaired) electrons. The predicted octanol–water partition coefficient (Wildman–Crippen LogP) is 2.50. The van der Waals surface area contributed by atoms with E-state index in [4.69, 9.17) is 0 Å². The average Bonchev–Trinajstić information content (AvgIpc) is 3.33. The Bertz CT molecular complexity index is 1210. The lowest BCUT2D eigenvalue weighted by Gasteiger charge is -2.34. The summed E-state index contributed by atoms with van der Waals surface area (Å²) in [4.78, 5) is 44.7. The molecule has 4 heterocycles. The summed E-state index contributed by atoms with van der Waals surface area (Å²) in [5.41, 5.74) is 1.56. The number of pyridine rings is 2. The van der Waals surface area contributed by atoms with E-state index in [1.165, 1.54) is 10.6 Å². The molecule has 2 aliphatic rings. The number of rotatable bonds is 4. The number of benzene rings is 1. The maximum atomic E-state index is 13.3. The Morgan fingerprint density at radius 2 is 1.94 bits per heavy atom. The van der Waals surface area contributed by atoms with Gasteiger partial charge in [-0.2, -0.15) is 0 Å².